The predicted octanol–water partition coefficient (Wildman–Crippen LogP) is 5.12. The first-order valence-corrected chi connectivity index (χ1v) is 10.5. The van der Waals surface area contributed by atoms with E-state index in [-0.39, 0.29) is 17.4 Å². The molecule has 0 aliphatic heterocycles. The first-order valence-electron chi connectivity index (χ1n) is 9.66. The van der Waals surface area contributed by atoms with E-state index >= 15 is 0 Å². The van der Waals surface area contributed by atoms with Gasteiger partial charge >= 0.3 is 0 Å². The summed E-state index contributed by atoms with van der Waals surface area (Å²) in [5, 5.41) is 14.3. The van der Waals surface area contributed by atoms with Gasteiger partial charge in [0.2, 0.25) is 0 Å². The van der Waals surface area contributed by atoms with Crippen LogP contribution in [0.3, 0.4) is 0 Å². The van der Waals surface area contributed by atoms with Gasteiger partial charge in [-0.2, -0.15) is 5.26 Å². The Bertz CT molecular complexity index is 1170. The van der Waals surface area contributed by atoms with Crippen LogP contribution < -0.4 is 5.32 Å². The molecule has 1 amide bonds. The summed E-state index contributed by atoms with van der Waals surface area (Å²) in [6.45, 7) is 6.53. The second-order valence-electron chi connectivity index (χ2n) is 7.17. The minimum absolute atomic E-state index is 0.0258. The zero-order valence-corrected chi connectivity index (χ0v) is 18.6. The van der Waals surface area contributed by atoms with Crippen LogP contribution in [0.2, 0.25) is 0 Å². The lowest BCUT2D eigenvalue weighted by Gasteiger charge is -2.17. The van der Waals surface area contributed by atoms with Gasteiger partial charge in [-0.25, -0.2) is 9.37 Å². The number of aryl methyl sites for hydroxylation is 1. The van der Waals surface area contributed by atoms with E-state index in [4.69, 9.17) is 4.74 Å². The Morgan fingerprint density at radius 2 is 2.19 bits per heavy atom. The van der Waals surface area contributed by atoms with E-state index in [0.29, 0.717) is 23.0 Å². The molecule has 2 aromatic heterocycles. The van der Waals surface area contributed by atoms with E-state index < -0.39 is 5.91 Å². The fourth-order valence-corrected chi connectivity index (χ4v) is 4.24. The van der Waals surface area contributed by atoms with Crippen LogP contribution in [0.1, 0.15) is 29.9 Å². The van der Waals surface area contributed by atoms with E-state index in [2.05, 4.69) is 14.9 Å². The number of ether oxygens (including phenoxy) is 1. The third kappa shape index (κ3) is 5.08. The number of anilines is 1. The minimum Gasteiger partial charge on any atom is -0.383 e. The van der Waals surface area contributed by atoms with Crippen molar-refractivity contribution >= 4 is 28.5 Å². The second kappa shape index (κ2) is 9.69. The maximum absolute atomic E-state index is 13.4. The Morgan fingerprint density at radius 3 is 2.87 bits per heavy atom. The number of hydrogen-bond donors (Lipinski definition) is 1. The first-order chi connectivity index (χ1) is 14.8. The Morgan fingerprint density at radius 1 is 1.42 bits per heavy atom. The third-order valence-corrected chi connectivity index (χ3v) is 5.64. The number of rotatable bonds is 7. The highest BCUT2D eigenvalue weighted by molar-refractivity contribution is 7.14. The van der Waals surface area contributed by atoms with Crippen molar-refractivity contribution in [2.75, 3.05) is 19.0 Å². The van der Waals surface area contributed by atoms with Crippen LogP contribution in [-0.2, 0) is 9.53 Å². The molecule has 6 nitrogen and oxygen atoms in total. The third-order valence-electron chi connectivity index (χ3n) is 4.88. The molecule has 3 rings (SSSR count). The van der Waals surface area contributed by atoms with Crippen LogP contribution in [-0.4, -0.2) is 29.2 Å². The van der Waals surface area contributed by atoms with Crippen molar-refractivity contribution < 1.29 is 13.9 Å². The van der Waals surface area contributed by atoms with Crippen LogP contribution >= 0.6 is 11.3 Å². The molecule has 0 radical (unpaired) electrons. The van der Waals surface area contributed by atoms with Gasteiger partial charge in [0.25, 0.3) is 5.91 Å². The molecule has 0 fully saturated rings. The molecule has 0 saturated heterocycles. The van der Waals surface area contributed by atoms with Crippen molar-refractivity contribution in [1.82, 2.24) is 9.55 Å². The molecule has 8 heteroatoms. The zero-order chi connectivity index (χ0) is 22.5. The van der Waals surface area contributed by atoms with Gasteiger partial charge in [0.1, 0.15) is 17.5 Å². The Hall–Kier alpha value is -3.28. The Kier molecular flexibility index (Phi) is 7.00. The molecular weight excluding hydrogens is 415 g/mol. The average Bonchev–Trinajstić information content (AvgIpc) is 3.30. The normalized spacial score (nSPS) is 12.5. The summed E-state index contributed by atoms with van der Waals surface area (Å²) >= 11 is 1.21. The molecule has 0 aliphatic carbocycles. The molecule has 0 saturated carbocycles. The smallest absolute Gasteiger partial charge is 0.268 e. The lowest BCUT2D eigenvalue weighted by atomic mass is 10.1. The monoisotopic (exact) mass is 438 g/mol. The van der Waals surface area contributed by atoms with E-state index in [9.17, 15) is 14.4 Å². The Labute approximate surface area is 184 Å². The lowest BCUT2D eigenvalue weighted by Crippen LogP contribution is -2.14. The van der Waals surface area contributed by atoms with Crippen molar-refractivity contribution in [3.63, 3.8) is 0 Å². The number of halogens is 1. The Balaban J connectivity index is 1.81. The summed E-state index contributed by atoms with van der Waals surface area (Å²) in [5.74, 6) is -0.902. The molecule has 1 aromatic carbocycles. The number of benzene rings is 1. The number of thiazole rings is 1. The highest BCUT2D eigenvalue weighted by Crippen LogP contribution is 2.26. The standard InChI is InChI=1S/C23H23FN4O2S/c1-14-8-18(16(3)28(14)15(2)12-30-4)9-19(11-25)22(29)27-23-26-21(13-31-23)17-6-5-7-20(24)10-17/h5-10,13,15H,12H2,1-4H3,(H,26,27,29)/b19-9+. The van der Waals surface area contributed by atoms with Crippen LogP contribution in [0.25, 0.3) is 17.3 Å². The predicted molar refractivity (Wildman–Crippen MR) is 120 cm³/mol. The molecule has 3 aromatic rings. The molecule has 1 unspecified atom stereocenters. The van der Waals surface area contributed by atoms with Gasteiger partial charge in [-0.3, -0.25) is 10.1 Å². The molecule has 0 bridgehead atoms. The number of nitrogens with one attached hydrogen (secondary N) is 1. The van der Waals surface area contributed by atoms with Gasteiger partial charge in [-0.15, -0.1) is 11.3 Å². The summed E-state index contributed by atoms with van der Waals surface area (Å²) in [6, 6.07) is 10.1. The van der Waals surface area contributed by atoms with Crippen LogP contribution in [0.5, 0.6) is 0 Å². The molecule has 1 atom stereocenters. The molecule has 160 valence electrons. The lowest BCUT2D eigenvalue weighted by molar-refractivity contribution is -0.112. The van der Waals surface area contributed by atoms with Gasteiger partial charge in [0.05, 0.1) is 18.3 Å². The highest BCUT2D eigenvalue weighted by atomic mass is 32.1. The minimum atomic E-state index is -0.544. The number of methoxy groups -OCH3 is 1. The number of amides is 1. The van der Waals surface area contributed by atoms with E-state index in [1.165, 1.54) is 23.5 Å². The van der Waals surface area contributed by atoms with Crippen molar-refractivity contribution in [2.24, 2.45) is 0 Å². The number of carbonyl (C=O) groups is 1. The number of aromatic nitrogens is 2. The van der Waals surface area contributed by atoms with Crippen molar-refractivity contribution in [2.45, 2.75) is 26.8 Å². The van der Waals surface area contributed by atoms with Gasteiger partial charge in [0, 0.05) is 29.4 Å². The van der Waals surface area contributed by atoms with Gasteiger partial charge in [-0.1, -0.05) is 12.1 Å². The summed E-state index contributed by atoms with van der Waals surface area (Å²) in [6.07, 6.45) is 1.58. The maximum Gasteiger partial charge on any atom is 0.268 e. The topological polar surface area (TPSA) is 79.9 Å². The molecule has 1 N–H and O–H groups in total. The molecular formula is C23H23FN4O2S. The molecule has 0 aliphatic rings. The van der Waals surface area contributed by atoms with E-state index in [1.54, 1.807) is 30.7 Å². The average molecular weight is 439 g/mol. The van der Waals surface area contributed by atoms with E-state index in [1.807, 2.05) is 32.9 Å². The summed E-state index contributed by atoms with van der Waals surface area (Å²) < 4.78 is 20.8. The van der Waals surface area contributed by atoms with E-state index in [0.717, 1.165) is 17.0 Å². The van der Waals surface area contributed by atoms with Crippen LogP contribution in [0, 0.1) is 31.0 Å². The van der Waals surface area contributed by atoms with Crippen molar-refractivity contribution in [3.05, 3.63) is 64.1 Å². The van der Waals surface area contributed by atoms with Crippen LogP contribution in [0.15, 0.2) is 41.3 Å². The highest BCUT2D eigenvalue weighted by Gasteiger charge is 2.17. The summed E-state index contributed by atoms with van der Waals surface area (Å²) in [5.41, 5.74) is 3.91. The molecule has 0 spiro atoms. The number of nitriles is 1. The number of nitrogens with zero attached hydrogens (tertiary/aromatic N) is 3. The van der Waals surface area contributed by atoms with Gasteiger partial charge in [-0.05, 0) is 50.6 Å². The first kappa shape index (κ1) is 22.4. The number of hydrogen-bond acceptors (Lipinski definition) is 5. The maximum atomic E-state index is 13.4. The molecule has 2 heterocycles. The SMILES string of the molecule is COCC(C)n1c(C)cc(/C=C(\C#N)C(=O)Nc2nc(-c3cccc(F)c3)cs2)c1C. The quantitative estimate of drug-likeness (QED) is 0.410. The van der Waals surface area contributed by atoms with Gasteiger partial charge in [0.15, 0.2) is 5.13 Å². The van der Waals surface area contributed by atoms with Crippen molar-refractivity contribution in [3.8, 4) is 17.3 Å². The summed E-state index contributed by atoms with van der Waals surface area (Å²) in [4.78, 5) is 17.0. The number of carbonyl (C=O) groups excluding carboxylic acids is 1. The largest absolute Gasteiger partial charge is 0.383 e. The zero-order valence-electron chi connectivity index (χ0n) is 17.8. The van der Waals surface area contributed by atoms with Crippen molar-refractivity contribution in [1.29, 1.82) is 5.26 Å². The molecule has 31 heavy (non-hydrogen) atoms. The second-order valence-corrected chi connectivity index (χ2v) is 8.03. The fourth-order valence-electron chi connectivity index (χ4n) is 3.52. The fraction of sp³-hybridized carbons (Fsp3) is 0.261. The summed E-state index contributed by atoms with van der Waals surface area (Å²) in [7, 11) is 1.65. The van der Waals surface area contributed by atoms with Gasteiger partial charge < -0.3 is 9.30 Å². The van der Waals surface area contributed by atoms with Crippen LogP contribution in [0.4, 0.5) is 9.52 Å².